The Hall–Kier alpha value is -4.50. The number of benzene rings is 2. The Labute approximate surface area is 225 Å². The Morgan fingerprint density at radius 1 is 1.03 bits per heavy atom. The lowest BCUT2D eigenvalue weighted by Crippen LogP contribution is -2.33. The van der Waals surface area contributed by atoms with Gasteiger partial charge in [0.2, 0.25) is 5.91 Å². The predicted molar refractivity (Wildman–Crippen MR) is 149 cm³/mol. The van der Waals surface area contributed by atoms with Gasteiger partial charge in [0, 0.05) is 42.4 Å². The number of hydrogen-bond acceptors (Lipinski definition) is 4. The molecular weight excluding hydrogens is 498 g/mol. The van der Waals surface area contributed by atoms with Gasteiger partial charge in [-0.3, -0.25) is 9.78 Å². The van der Waals surface area contributed by atoms with Crippen LogP contribution in [0.25, 0.3) is 5.69 Å². The molecule has 0 spiro atoms. The zero-order valence-corrected chi connectivity index (χ0v) is 21.6. The Bertz CT molecular complexity index is 1450. The first kappa shape index (κ1) is 25.2. The van der Waals surface area contributed by atoms with Gasteiger partial charge in [0.25, 0.3) is 0 Å². The van der Waals surface area contributed by atoms with E-state index in [-0.39, 0.29) is 30.0 Å². The summed E-state index contributed by atoms with van der Waals surface area (Å²) >= 11 is 5.75. The van der Waals surface area contributed by atoms with Gasteiger partial charge >= 0.3 is 5.97 Å². The minimum absolute atomic E-state index is 0.101. The first-order chi connectivity index (χ1) is 18.4. The van der Waals surface area contributed by atoms with Gasteiger partial charge in [0.05, 0.1) is 23.3 Å². The number of anilines is 1. The van der Waals surface area contributed by atoms with Crippen LogP contribution in [0, 0.1) is 6.92 Å². The highest BCUT2D eigenvalue weighted by Gasteiger charge is 2.41. The molecule has 0 aliphatic carbocycles. The Morgan fingerprint density at radius 3 is 2.47 bits per heavy atom. The Balaban J connectivity index is 1.43. The SMILES string of the molecule is Cc1ccc(NC(=O)CCN2C(=S)N[C@H](c3ccccn3)[C@H]2c2cccn2-c2ccc(C(=O)O)cc2)cc1. The van der Waals surface area contributed by atoms with E-state index in [1.807, 2.05) is 77.2 Å². The van der Waals surface area contributed by atoms with Crippen LogP contribution >= 0.6 is 12.2 Å². The van der Waals surface area contributed by atoms with Gasteiger partial charge in [-0.05, 0) is 79.8 Å². The van der Waals surface area contributed by atoms with E-state index in [0.717, 1.165) is 28.3 Å². The van der Waals surface area contributed by atoms with Crippen molar-refractivity contribution in [2.45, 2.75) is 25.4 Å². The van der Waals surface area contributed by atoms with Crippen LogP contribution < -0.4 is 10.6 Å². The second kappa shape index (κ2) is 10.9. The van der Waals surface area contributed by atoms with E-state index in [4.69, 9.17) is 12.2 Å². The topological polar surface area (TPSA) is 99.5 Å². The third-order valence-corrected chi connectivity index (χ3v) is 6.94. The van der Waals surface area contributed by atoms with Crippen molar-refractivity contribution >= 4 is 34.9 Å². The van der Waals surface area contributed by atoms with Crippen LogP contribution in [0.3, 0.4) is 0 Å². The van der Waals surface area contributed by atoms with Crippen molar-refractivity contribution in [3.05, 3.63) is 114 Å². The van der Waals surface area contributed by atoms with Crippen LogP contribution in [0.15, 0.2) is 91.3 Å². The third-order valence-electron chi connectivity index (χ3n) is 6.59. The molecule has 4 aromatic rings. The fraction of sp³-hybridized carbons (Fsp3) is 0.172. The molecule has 2 aromatic heterocycles. The zero-order chi connectivity index (χ0) is 26.6. The van der Waals surface area contributed by atoms with Crippen molar-refractivity contribution in [1.29, 1.82) is 0 Å². The van der Waals surface area contributed by atoms with Gasteiger partial charge in [-0.15, -0.1) is 0 Å². The number of hydrogen-bond donors (Lipinski definition) is 3. The number of amides is 1. The summed E-state index contributed by atoms with van der Waals surface area (Å²) in [4.78, 5) is 30.8. The van der Waals surface area contributed by atoms with Crippen LogP contribution in [0.5, 0.6) is 0 Å². The van der Waals surface area contributed by atoms with Gasteiger partial charge in [-0.2, -0.15) is 0 Å². The molecule has 1 aliphatic heterocycles. The number of rotatable bonds is 8. The van der Waals surface area contributed by atoms with Crippen molar-refractivity contribution in [2.24, 2.45) is 0 Å². The molecule has 8 nitrogen and oxygen atoms in total. The van der Waals surface area contributed by atoms with Gasteiger partial charge in [-0.25, -0.2) is 4.79 Å². The highest BCUT2D eigenvalue weighted by Crippen LogP contribution is 2.39. The normalized spacial score (nSPS) is 16.8. The number of carbonyl (C=O) groups excluding carboxylic acids is 1. The number of aromatic carboxylic acids is 1. The lowest BCUT2D eigenvalue weighted by molar-refractivity contribution is -0.116. The predicted octanol–water partition coefficient (Wildman–Crippen LogP) is 4.88. The Morgan fingerprint density at radius 2 is 1.79 bits per heavy atom. The summed E-state index contributed by atoms with van der Waals surface area (Å²) in [5.41, 5.74) is 4.70. The summed E-state index contributed by atoms with van der Waals surface area (Å²) in [6.07, 6.45) is 3.93. The number of nitrogens with one attached hydrogen (secondary N) is 2. The van der Waals surface area contributed by atoms with Crippen molar-refractivity contribution in [3.63, 3.8) is 0 Å². The molecule has 0 radical (unpaired) electrons. The van der Waals surface area contributed by atoms with Gasteiger partial charge < -0.3 is 25.2 Å². The van der Waals surface area contributed by atoms with E-state index in [9.17, 15) is 14.7 Å². The van der Waals surface area contributed by atoms with E-state index >= 15 is 0 Å². The summed E-state index contributed by atoms with van der Waals surface area (Å²) in [5.74, 6) is -1.07. The van der Waals surface area contributed by atoms with Crippen LogP contribution in [-0.2, 0) is 4.79 Å². The summed E-state index contributed by atoms with van der Waals surface area (Å²) in [5, 5.41) is 16.2. The van der Waals surface area contributed by atoms with E-state index in [2.05, 4.69) is 15.6 Å². The molecule has 1 fully saturated rings. The van der Waals surface area contributed by atoms with Gasteiger partial charge in [0.1, 0.15) is 0 Å². The van der Waals surface area contributed by atoms with Crippen LogP contribution in [0.4, 0.5) is 5.69 Å². The highest BCUT2D eigenvalue weighted by atomic mass is 32.1. The zero-order valence-electron chi connectivity index (χ0n) is 20.7. The fourth-order valence-corrected chi connectivity index (χ4v) is 5.02. The number of aromatic nitrogens is 2. The molecule has 0 unspecified atom stereocenters. The monoisotopic (exact) mass is 525 g/mol. The lowest BCUT2D eigenvalue weighted by Gasteiger charge is -2.29. The third kappa shape index (κ3) is 5.28. The minimum atomic E-state index is -0.972. The first-order valence-corrected chi connectivity index (χ1v) is 12.7. The number of pyridine rings is 1. The molecule has 1 aliphatic rings. The van der Waals surface area contributed by atoms with E-state index in [1.165, 1.54) is 0 Å². The van der Waals surface area contributed by atoms with E-state index in [0.29, 0.717) is 11.7 Å². The maximum atomic E-state index is 12.8. The fourth-order valence-electron chi connectivity index (χ4n) is 4.69. The second-order valence-electron chi connectivity index (χ2n) is 9.14. The molecule has 0 saturated carbocycles. The molecule has 2 atom stereocenters. The molecule has 38 heavy (non-hydrogen) atoms. The van der Waals surface area contributed by atoms with E-state index in [1.54, 1.807) is 30.5 Å². The van der Waals surface area contributed by atoms with Crippen molar-refractivity contribution < 1.29 is 14.7 Å². The maximum Gasteiger partial charge on any atom is 0.335 e. The molecule has 9 heteroatoms. The van der Waals surface area contributed by atoms with Crippen LogP contribution in [-0.4, -0.2) is 43.1 Å². The lowest BCUT2D eigenvalue weighted by atomic mass is 10.0. The Kier molecular flexibility index (Phi) is 7.19. The van der Waals surface area contributed by atoms with Crippen molar-refractivity contribution in [3.8, 4) is 5.69 Å². The molecule has 0 bridgehead atoms. The molecule has 1 amide bonds. The largest absolute Gasteiger partial charge is 0.478 e. The molecule has 2 aromatic carbocycles. The van der Waals surface area contributed by atoms with Crippen LogP contribution in [0.2, 0.25) is 0 Å². The number of carbonyl (C=O) groups is 2. The number of carboxylic acid groups (broad SMARTS) is 1. The summed E-state index contributed by atoms with van der Waals surface area (Å²) in [7, 11) is 0. The molecule has 3 heterocycles. The quantitative estimate of drug-likeness (QED) is 0.282. The first-order valence-electron chi connectivity index (χ1n) is 12.3. The maximum absolute atomic E-state index is 12.8. The molecule has 5 rings (SSSR count). The second-order valence-corrected chi connectivity index (χ2v) is 9.53. The summed E-state index contributed by atoms with van der Waals surface area (Å²) in [6.45, 7) is 2.40. The smallest absolute Gasteiger partial charge is 0.335 e. The van der Waals surface area contributed by atoms with Gasteiger partial charge in [-0.1, -0.05) is 23.8 Å². The van der Waals surface area contributed by atoms with Gasteiger partial charge in [0.15, 0.2) is 5.11 Å². The number of aryl methyl sites for hydroxylation is 1. The van der Waals surface area contributed by atoms with Crippen molar-refractivity contribution in [1.82, 2.24) is 19.8 Å². The molecule has 192 valence electrons. The number of nitrogens with zero attached hydrogens (tertiary/aromatic N) is 3. The van der Waals surface area contributed by atoms with Crippen LogP contribution in [0.1, 0.15) is 45.8 Å². The molecular formula is C29H27N5O3S. The average Bonchev–Trinajstić information content (AvgIpc) is 3.53. The number of thiocarbonyl (C=S) groups is 1. The van der Waals surface area contributed by atoms with Crippen molar-refractivity contribution in [2.75, 3.05) is 11.9 Å². The highest BCUT2D eigenvalue weighted by molar-refractivity contribution is 7.80. The average molecular weight is 526 g/mol. The minimum Gasteiger partial charge on any atom is -0.478 e. The summed E-state index contributed by atoms with van der Waals surface area (Å²) in [6, 6.07) is 23.6. The summed E-state index contributed by atoms with van der Waals surface area (Å²) < 4.78 is 2.02. The van der Waals surface area contributed by atoms with E-state index < -0.39 is 5.97 Å². The number of carboxylic acids is 1. The molecule has 1 saturated heterocycles. The standard InChI is InChI=1S/C29H27N5O3S/c1-19-7-11-21(12-8-19)31-25(35)15-18-34-27(26(32-29(34)38)23-5-2-3-16-30-23)24-6-4-17-33(24)22-13-9-20(10-14-22)28(36)37/h2-14,16-17,26-27H,15,18H2,1H3,(H,31,35)(H,32,38)(H,36,37)/t26-,27-/m1/s1. The molecule has 3 N–H and O–H groups in total.